The minimum atomic E-state index is -2.25. The van der Waals surface area contributed by atoms with Gasteiger partial charge in [0.1, 0.15) is 134 Å². The Hall–Kier alpha value is -2.48. The van der Waals surface area contributed by atoms with E-state index in [-0.39, 0.29) is 12.3 Å². The van der Waals surface area contributed by atoms with Crippen molar-refractivity contribution in [2.45, 2.75) is 411 Å². The summed E-state index contributed by atoms with van der Waals surface area (Å²) in [6.45, 7) is 3.54. The van der Waals surface area contributed by atoms with Crippen molar-refractivity contribution in [3.8, 4) is 0 Å². The molecule has 19 N–H and O–H groups in total. The summed E-state index contributed by atoms with van der Waals surface area (Å²) in [7, 11) is 0. The average Bonchev–Trinajstić information content (AvgIpc) is 0.759. The summed E-state index contributed by atoms with van der Waals surface area (Å²) >= 11 is 0. The molecule has 0 radical (unpaired) electrons. The Morgan fingerprint density at radius 3 is 1.26 bits per heavy atom. The molecule has 6 rings (SSSR count). The number of hydrogen-bond acceptors (Lipinski definition) is 31. The van der Waals surface area contributed by atoms with Crippen LogP contribution in [0.5, 0.6) is 0 Å². The number of ether oxygens (including phenoxy) is 12. The number of unbranched alkanes of at least 4 members (excludes halogenated alkanes) is 25. The lowest BCUT2D eigenvalue weighted by Gasteiger charge is -2.52. The largest absolute Gasteiger partial charge is 0.394 e. The third-order valence-corrected chi connectivity index (χ3v) is 21.2. The van der Waals surface area contributed by atoms with Crippen LogP contribution in [0, 0.1) is 0 Å². The number of rotatable bonds is 49. The van der Waals surface area contributed by atoms with Gasteiger partial charge in [0.15, 0.2) is 37.7 Å². The molecule has 2 amide bonds. The van der Waals surface area contributed by atoms with Crippen LogP contribution in [0.2, 0.25) is 0 Å². The molecule has 0 aromatic heterocycles. The van der Waals surface area contributed by atoms with Gasteiger partial charge in [-0.3, -0.25) is 9.59 Å². The normalized spacial score (nSPS) is 38.4. The summed E-state index contributed by atoms with van der Waals surface area (Å²) in [5, 5.41) is 195. The van der Waals surface area contributed by atoms with Crippen LogP contribution in [-0.2, 0) is 66.4 Å². The smallest absolute Gasteiger partial charge is 0.220 e. The fourth-order valence-corrected chi connectivity index (χ4v) is 14.6. The van der Waals surface area contributed by atoms with Crippen molar-refractivity contribution < 1.29 is 153 Å². The van der Waals surface area contributed by atoms with E-state index in [0.29, 0.717) is 12.8 Å². The SMILES string of the molecule is CCCCCCCCCCCCC/C=C/[C@@H](O)[C@H](CO[C@@H]1O[C@H](CO)[C@@H](O[C@@H]2O[C@H](CO)[C@H](O)[C@H](O[C@@H]3O[C@H](CO)[C@@H](O[C@H]4O[C@@H](C)[C@@H](O)[C@@H](O)[C@@H]4O)[C@H](O[C@@H]4O[C@H](CO)[C@H](O)[C@H](O)[C@H]4O[C@H]4O[C@@H](C)[C@@H](O)[C@@H](O)[C@@H]4O)[C@H]3NC(C)=O)[C@H]2O)[C@H](O)[C@H]1O)NC(=O)CCCCCCCCCCCCCCCCC. The van der Waals surface area contributed by atoms with Crippen molar-refractivity contribution in [2.75, 3.05) is 33.0 Å². The van der Waals surface area contributed by atoms with E-state index >= 15 is 0 Å². The molecule has 6 heterocycles. The molecule has 0 spiro atoms. The van der Waals surface area contributed by atoms with Crippen molar-refractivity contribution >= 4 is 11.8 Å². The summed E-state index contributed by atoms with van der Waals surface area (Å²) in [6.07, 6.45) is -21.6. The van der Waals surface area contributed by atoms with E-state index in [2.05, 4.69) is 24.5 Å². The van der Waals surface area contributed by atoms with Gasteiger partial charge in [0.2, 0.25) is 11.8 Å². The molecule has 6 aliphatic heterocycles. The number of aliphatic hydroxyl groups is 17. The third kappa shape index (κ3) is 28.2. The Morgan fingerprint density at radius 1 is 0.383 bits per heavy atom. The van der Waals surface area contributed by atoms with Gasteiger partial charge >= 0.3 is 0 Å². The zero-order chi connectivity index (χ0) is 78.3. The minimum Gasteiger partial charge on any atom is -0.394 e. The van der Waals surface area contributed by atoms with Crippen LogP contribution in [0.25, 0.3) is 0 Å². The maximum Gasteiger partial charge on any atom is 0.220 e. The molecule has 6 saturated heterocycles. The van der Waals surface area contributed by atoms with E-state index < -0.39 is 235 Å². The number of hydrogen-bond donors (Lipinski definition) is 19. The first-order chi connectivity index (χ1) is 51.3. The molecule has 32 atom stereocenters. The molecule has 0 unspecified atom stereocenters. The maximum absolute atomic E-state index is 13.6. The van der Waals surface area contributed by atoms with E-state index in [0.717, 1.165) is 58.3 Å². The zero-order valence-corrected chi connectivity index (χ0v) is 63.3. The van der Waals surface area contributed by atoms with Crippen LogP contribution >= 0.6 is 0 Å². The number of allylic oxidation sites excluding steroid dienone is 1. The Morgan fingerprint density at radius 2 is 0.766 bits per heavy atom. The van der Waals surface area contributed by atoms with Gasteiger partial charge in [0.25, 0.3) is 0 Å². The predicted octanol–water partition coefficient (Wildman–Crippen LogP) is -0.513. The van der Waals surface area contributed by atoms with Gasteiger partial charge in [-0.15, -0.1) is 0 Å². The highest BCUT2D eigenvalue weighted by molar-refractivity contribution is 5.76. The summed E-state index contributed by atoms with van der Waals surface area (Å²) in [5.41, 5.74) is 0. The van der Waals surface area contributed by atoms with Gasteiger partial charge in [0.05, 0.1) is 57.4 Å². The van der Waals surface area contributed by atoms with Crippen LogP contribution in [0.1, 0.15) is 214 Å². The van der Waals surface area contributed by atoms with Crippen LogP contribution in [0.15, 0.2) is 12.2 Å². The lowest BCUT2D eigenvalue weighted by Crippen LogP contribution is -2.71. The number of nitrogens with one attached hydrogen (secondary N) is 2. The highest BCUT2D eigenvalue weighted by Crippen LogP contribution is 2.39. The van der Waals surface area contributed by atoms with Crippen molar-refractivity contribution in [3.05, 3.63) is 12.2 Å². The number of amides is 2. The van der Waals surface area contributed by atoms with E-state index in [9.17, 15) is 96.4 Å². The first-order valence-corrected chi connectivity index (χ1v) is 39.7. The monoisotopic (exact) mass is 1550 g/mol. The van der Waals surface area contributed by atoms with Crippen molar-refractivity contribution in [2.24, 2.45) is 0 Å². The second kappa shape index (κ2) is 49.3. The molecule has 0 saturated carbocycles. The standard InChI is InChI=1S/C74H134N2O31/c1-6-8-10-12-14-16-18-20-21-23-25-27-29-31-33-35-50(83)76-44(45(82)34-32-30-28-26-24-22-19-17-15-13-11-9-7-2)40-96-70-62(94)59(91)64(48(38-79)102-70)103-73-63(95)67(55(87)47(37-78)99-73)106-69-51(75-43(5)81)66(65(49(39-80)101-69)104-71-60(92)56(88)52(84)41(3)97-71)105-74-68(58(90)54(86)46(36-77)100-74)107-72-61(93)57(89)53(85)42(4)98-72/h32,34,41-42,44-49,51-74,77-80,82,84-95H,6-31,33,35-40H2,1-5H3,(H,75,81)(H,76,83)/b34-32+/t41-,42-,44-,45+,46+,47+,48+,49+,51+,52+,53+,54-,55-,56+,57+,58-,59+,60-,61-,62+,63+,64+,65+,66+,67-,68+,69-,70+,71+,72+,73-,74-/m0/s1. The molecule has 0 aromatic rings. The quantitative estimate of drug-likeness (QED) is 0.0269. The van der Waals surface area contributed by atoms with E-state index in [1.165, 1.54) is 123 Å². The van der Waals surface area contributed by atoms with Gasteiger partial charge in [-0.05, 0) is 33.1 Å². The molecule has 0 bridgehead atoms. The highest BCUT2D eigenvalue weighted by atomic mass is 16.8. The van der Waals surface area contributed by atoms with Gasteiger partial charge in [-0.1, -0.05) is 180 Å². The summed E-state index contributed by atoms with van der Waals surface area (Å²) < 4.78 is 72.5. The second-order valence-electron chi connectivity index (χ2n) is 29.9. The molecule has 6 fully saturated rings. The van der Waals surface area contributed by atoms with Crippen molar-refractivity contribution in [3.63, 3.8) is 0 Å². The number of aliphatic hydroxyl groups excluding tert-OH is 17. The summed E-state index contributed by atoms with van der Waals surface area (Å²) in [6, 6.07) is -2.98. The van der Waals surface area contributed by atoms with E-state index in [1.54, 1.807) is 6.08 Å². The summed E-state index contributed by atoms with van der Waals surface area (Å²) in [4.78, 5) is 27.0. The molecular formula is C74H134N2O31. The first kappa shape index (κ1) is 93.4. The van der Waals surface area contributed by atoms with Crippen molar-refractivity contribution in [1.82, 2.24) is 10.6 Å². The Balaban J connectivity index is 1.17. The molecule has 33 heteroatoms. The topological polar surface area (TPSA) is 513 Å². The fourth-order valence-electron chi connectivity index (χ4n) is 14.6. The molecule has 33 nitrogen and oxygen atoms in total. The first-order valence-electron chi connectivity index (χ1n) is 39.7. The van der Waals surface area contributed by atoms with Crippen LogP contribution in [0.3, 0.4) is 0 Å². The molecule has 0 aliphatic carbocycles. The second-order valence-corrected chi connectivity index (χ2v) is 29.9. The van der Waals surface area contributed by atoms with Gasteiger partial charge < -0.3 is 154 Å². The Labute approximate surface area is 629 Å². The lowest BCUT2D eigenvalue weighted by molar-refractivity contribution is -0.400. The molecule has 626 valence electrons. The highest BCUT2D eigenvalue weighted by Gasteiger charge is 2.59. The van der Waals surface area contributed by atoms with Crippen LogP contribution in [0.4, 0.5) is 0 Å². The number of carbonyl (C=O) groups is 2. The van der Waals surface area contributed by atoms with Crippen LogP contribution < -0.4 is 10.6 Å². The number of carbonyl (C=O) groups excluding carboxylic acids is 2. The Bertz CT molecular complexity index is 2440. The third-order valence-electron chi connectivity index (χ3n) is 21.2. The molecule has 107 heavy (non-hydrogen) atoms. The van der Waals surface area contributed by atoms with E-state index in [1.807, 2.05) is 6.08 Å². The zero-order valence-electron chi connectivity index (χ0n) is 63.3. The van der Waals surface area contributed by atoms with Gasteiger partial charge in [-0.2, -0.15) is 0 Å². The predicted molar refractivity (Wildman–Crippen MR) is 379 cm³/mol. The molecule has 6 aliphatic rings. The lowest BCUT2D eigenvalue weighted by atomic mass is 9.93. The molecule has 0 aromatic carbocycles. The minimum absolute atomic E-state index is 0.172. The van der Waals surface area contributed by atoms with Crippen molar-refractivity contribution in [1.29, 1.82) is 0 Å². The Kier molecular flexibility index (Phi) is 43.0. The molecular weight excluding hydrogens is 1410 g/mol. The van der Waals surface area contributed by atoms with Gasteiger partial charge in [0, 0.05) is 13.3 Å². The van der Waals surface area contributed by atoms with E-state index in [4.69, 9.17) is 56.8 Å². The average molecular weight is 1550 g/mol. The van der Waals surface area contributed by atoms with Gasteiger partial charge in [-0.25, -0.2) is 0 Å². The van der Waals surface area contributed by atoms with Crippen LogP contribution in [-0.4, -0.2) is 328 Å². The fraction of sp³-hybridized carbons (Fsp3) is 0.946. The maximum atomic E-state index is 13.6. The summed E-state index contributed by atoms with van der Waals surface area (Å²) in [5.74, 6) is -1.25.